The Morgan fingerprint density at radius 1 is 1.05 bits per heavy atom. The van der Waals surface area contributed by atoms with Crippen LogP contribution in [0, 0.1) is 5.92 Å². The highest BCUT2D eigenvalue weighted by Crippen LogP contribution is 2.37. The second-order valence-electron chi connectivity index (χ2n) is 5.19. The molecule has 4 nitrogen and oxygen atoms in total. The van der Waals surface area contributed by atoms with Gasteiger partial charge >= 0.3 is 0 Å². The Morgan fingerprint density at radius 3 is 2.10 bits per heavy atom. The number of methoxy groups -OCH3 is 2. The molecule has 0 aromatic heterocycles. The van der Waals surface area contributed by atoms with Crippen LogP contribution in [0.2, 0.25) is 0 Å². The van der Waals surface area contributed by atoms with Gasteiger partial charge in [0.25, 0.3) is 0 Å². The molecule has 4 heteroatoms. The minimum absolute atomic E-state index is 0.0962. The lowest BCUT2D eigenvalue weighted by atomic mass is 10.2. The molecule has 1 atom stereocenters. The van der Waals surface area contributed by atoms with Crippen molar-refractivity contribution in [3.05, 3.63) is 18.2 Å². The summed E-state index contributed by atoms with van der Waals surface area (Å²) in [5.41, 5.74) is 0. The van der Waals surface area contributed by atoms with Crippen molar-refractivity contribution >= 4 is 0 Å². The molecule has 0 aliphatic carbocycles. The highest BCUT2D eigenvalue weighted by Gasteiger charge is 2.16. The Labute approximate surface area is 122 Å². The number of rotatable bonds is 9. The van der Waals surface area contributed by atoms with Crippen LogP contribution in [0.3, 0.4) is 0 Å². The minimum Gasteiger partial charge on any atom is -0.493 e. The lowest BCUT2D eigenvalue weighted by molar-refractivity contribution is 0.177. The van der Waals surface area contributed by atoms with Crippen LogP contribution in [0.25, 0.3) is 0 Å². The summed E-state index contributed by atoms with van der Waals surface area (Å²) in [4.78, 5) is 0. The van der Waals surface area contributed by atoms with Crippen molar-refractivity contribution in [2.24, 2.45) is 5.92 Å². The van der Waals surface area contributed by atoms with E-state index < -0.39 is 0 Å². The van der Waals surface area contributed by atoms with Crippen molar-refractivity contribution in [3.63, 3.8) is 0 Å². The third kappa shape index (κ3) is 4.93. The summed E-state index contributed by atoms with van der Waals surface area (Å²) in [6, 6.07) is 5.65. The van der Waals surface area contributed by atoms with Gasteiger partial charge in [0.05, 0.1) is 14.2 Å². The molecule has 1 N–H and O–H groups in total. The van der Waals surface area contributed by atoms with E-state index in [-0.39, 0.29) is 6.10 Å². The zero-order valence-electron chi connectivity index (χ0n) is 13.2. The molecule has 1 unspecified atom stereocenters. The number of para-hydroxylation sites is 1. The molecule has 1 aromatic rings. The molecule has 0 fully saturated rings. The fraction of sp³-hybridized carbons (Fsp3) is 0.625. The SMILES string of the molecule is CCC(CNCC(C)C)Oc1c(OC)cccc1OC. The van der Waals surface area contributed by atoms with Crippen LogP contribution >= 0.6 is 0 Å². The zero-order valence-corrected chi connectivity index (χ0v) is 13.2. The Hall–Kier alpha value is -1.42. The van der Waals surface area contributed by atoms with E-state index in [1.807, 2.05) is 18.2 Å². The Morgan fingerprint density at radius 2 is 1.65 bits per heavy atom. The Kier molecular flexibility index (Phi) is 7.23. The number of hydrogen-bond acceptors (Lipinski definition) is 4. The summed E-state index contributed by atoms with van der Waals surface area (Å²) >= 11 is 0. The van der Waals surface area contributed by atoms with Gasteiger partial charge in [0.15, 0.2) is 11.5 Å². The maximum atomic E-state index is 6.08. The van der Waals surface area contributed by atoms with Gasteiger partial charge in [-0.15, -0.1) is 0 Å². The predicted octanol–water partition coefficient (Wildman–Crippen LogP) is 3.11. The molecule has 114 valence electrons. The first kappa shape index (κ1) is 16.6. The molecule has 20 heavy (non-hydrogen) atoms. The molecule has 1 aromatic carbocycles. The fourth-order valence-electron chi connectivity index (χ4n) is 1.90. The topological polar surface area (TPSA) is 39.7 Å². The number of benzene rings is 1. The van der Waals surface area contributed by atoms with Crippen LogP contribution in [0.5, 0.6) is 17.2 Å². The van der Waals surface area contributed by atoms with E-state index in [0.29, 0.717) is 23.2 Å². The smallest absolute Gasteiger partial charge is 0.203 e. The van der Waals surface area contributed by atoms with E-state index in [4.69, 9.17) is 14.2 Å². The van der Waals surface area contributed by atoms with Crippen LogP contribution in [0.15, 0.2) is 18.2 Å². The molecule has 0 saturated carbocycles. The second-order valence-corrected chi connectivity index (χ2v) is 5.19. The summed E-state index contributed by atoms with van der Waals surface area (Å²) in [6.45, 7) is 8.30. The number of ether oxygens (including phenoxy) is 3. The number of nitrogens with one attached hydrogen (secondary N) is 1. The maximum absolute atomic E-state index is 6.08. The fourth-order valence-corrected chi connectivity index (χ4v) is 1.90. The lowest BCUT2D eigenvalue weighted by Crippen LogP contribution is -2.33. The van der Waals surface area contributed by atoms with Crippen LogP contribution in [0.4, 0.5) is 0 Å². The largest absolute Gasteiger partial charge is 0.493 e. The van der Waals surface area contributed by atoms with Crippen LogP contribution in [-0.2, 0) is 0 Å². The first-order chi connectivity index (χ1) is 9.62. The zero-order chi connectivity index (χ0) is 15.0. The second kappa shape index (κ2) is 8.69. The quantitative estimate of drug-likeness (QED) is 0.755. The maximum Gasteiger partial charge on any atom is 0.203 e. The molecule has 0 aliphatic rings. The van der Waals surface area contributed by atoms with Crippen molar-refractivity contribution < 1.29 is 14.2 Å². The molecule has 0 radical (unpaired) electrons. The molecule has 1 rings (SSSR count). The molecule has 0 amide bonds. The van der Waals surface area contributed by atoms with Crippen molar-refractivity contribution in [2.75, 3.05) is 27.3 Å². The first-order valence-corrected chi connectivity index (χ1v) is 7.20. The van der Waals surface area contributed by atoms with E-state index in [1.54, 1.807) is 14.2 Å². The molecule has 0 bridgehead atoms. The van der Waals surface area contributed by atoms with E-state index in [0.717, 1.165) is 19.5 Å². The van der Waals surface area contributed by atoms with Crippen LogP contribution in [-0.4, -0.2) is 33.4 Å². The Balaban J connectivity index is 2.73. The van der Waals surface area contributed by atoms with Crippen molar-refractivity contribution in [2.45, 2.75) is 33.3 Å². The first-order valence-electron chi connectivity index (χ1n) is 7.20. The Bertz CT molecular complexity index is 371. The van der Waals surface area contributed by atoms with Crippen molar-refractivity contribution in [1.82, 2.24) is 5.32 Å². The normalized spacial score (nSPS) is 12.3. The van der Waals surface area contributed by atoms with Crippen LogP contribution in [0.1, 0.15) is 27.2 Å². The molecule has 0 spiro atoms. The van der Waals surface area contributed by atoms with Crippen molar-refractivity contribution in [3.8, 4) is 17.2 Å². The monoisotopic (exact) mass is 281 g/mol. The van der Waals surface area contributed by atoms with Gasteiger partial charge in [-0.05, 0) is 31.0 Å². The molecular formula is C16H27NO3. The third-order valence-electron chi connectivity index (χ3n) is 3.05. The van der Waals surface area contributed by atoms with E-state index >= 15 is 0 Å². The summed E-state index contributed by atoms with van der Waals surface area (Å²) < 4.78 is 16.8. The average molecular weight is 281 g/mol. The van der Waals surface area contributed by atoms with Gasteiger partial charge in [-0.2, -0.15) is 0 Å². The highest BCUT2D eigenvalue weighted by atomic mass is 16.5. The van der Waals surface area contributed by atoms with Gasteiger partial charge < -0.3 is 19.5 Å². The lowest BCUT2D eigenvalue weighted by Gasteiger charge is -2.21. The summed E-state index contributed by atoms with van der Waals surface area (Å²) in [5, 5.41) is 3.42. The summed E-state index contributed by atoms with van der Waals surface area (Å²) in [6.07, 6.45) is 1.02. The molecule has 0 aliphatic heterocycles. The van der Waals surface area contributed by atoms with Gasteiger partial charge in [-0.25, -0.2) is 0 Å². The van der Waals surface area contributed by atoms with Gasteiger partial charge in [-0.3, -0.25) is 0 Å². The molecule has 0 heterocycles. The van der Waals surface area contributed by atoms with Gasteiger partial charge in [-0.1, -0.05) is 26.8 Å². The van der Waals surface area contributed by atoms with Gasteiger partial charge in [0.2, 0.25) is 5.75 Å². The third-order valence-corrected chi connectivity index (χ3v) is 3.05. The van der Waals surface area contributed by atoms with Crippen LogP contribution < -0.4 is 19.5 Å². The summed E-state index contributed by atoms with van der Waals surface area (Å²) in [7, 11) is 3.28. The van der Waals surface area contributed by atoms with E-state index in [1.165, 1.54) is 0 Å². The number of hydrogen-bond donors (Lipinski definition) is 1. The summed E-state index contributed by atoms with van der Waals surface area (Å²) in [5.74, 6) is 2.71. The average Bonchev–Trinajstić information content (AvgIpc) is 2.45. The van der Waals surface area contributed by atoms with Gasteiger partial charge in [0, 0.05) is 6.54 Å². The van der Waals surface area contributed by atoms with E-state index in [9.17, 15) is 0 Å². The van der Waals surface area contributed by atoms with Gasteiger partial charge in [0.1, 0.15) is 6.10 Å². The van der Waals surface area contributed by atoms with Crippen molar-refractivity contribution in [1.29, 1.82) is 0 Å². The van der Waals surface area contributed by atoms with E-state index in [2.05, 4.69) is 26.1 Å². The molecular weight excluding hydrogens is 254 g/mol. The minimum atomic E-state index is 0.0962. The predicted molar refractivity (Wildman–Crippen MR) is 82.0 cm³/mol. The molecule has 0 saturated heterocycles. The standard InChI is InChI=1S/C16H27NO3/c1-6-13(11-17-10-12(2)3)20-16-14(18-4)8-7-9-15(16)19-5/h7-9,12-13,17H,6,10-11H2,1-5H3. The highest BCUT2D eigenvalue weighted by molar-refractivity contribution is 5.51.